The van der Waals surface area contributed by atoms with E-state index in [-0.39, 0.29) is 11.5 Å². The lowest BCUT2D eigenvalue weighted by Gasteiger charge is -2.53. The summed E-state index contributed by atoms with van der Waals surface area (Å²) in [4.78, 5) is 12.5. The van der Waals surface area contributed by atoms with Crippen molar-refractivity contribution in [3.05, 3.63) is 29.3 Å². The van der Waals surface area contributed by atoms with Crippen LogP contribution in [-0.2, 0) is 11.2 Å². The first-order valence-electron chi connectivity index (χ1n) is 16.0. The van der Waals surface area contributed by atoms with Crippen LogP contribution in [0.4, 0.5) is 0 Å². The number of rotatable bonds is 15. The minimum Gasteiger partial charge on any atom is -0.508 e. The zero-order valence-corrected chi connectivity index (χ0v) is 23.9. The molecule has 3 nitrogen and oxygen atoms in total. The first kappa shape index (κ1) is 28.7. The van der Waals surface area contributed by atoms with E-state index in [0.29, 0.717) is 35.2 Å². The van der Waals surface area contributed by atoms with Crippen LogP contribution in [0.5, 0.6) is 5.75 Å². The summed E-state index contributed by atoms with van der Waals surface area (Å²) in [7, 11) is 0. The van der Waals surface area contributed by atoms with Gasteiger partial charge in [-0.05, 0) is 104 Å². The van der Waals surface area contributed by atoms with Gasteiger partial charge >= 0.3 is 0 Å². The lowest BCUT2D eigenvalue weighted by atomic mass is 9.52. The van der Waals surface area contributed by atoms with E-state index in [1.807, 2.05) is 12.1 Å². The highest BCUT2D eigenvalue weighted by molar-refractivity contribution is 5.78. The highest BCUT2D eigenvalue weighted by atomic mass is 16.3. The molecule has 0 aromatic heterocycles. The largest absolute Gasteiger partial charge is 0.508 e. The van der Waals surface area contributed by atoms with Crippen molar-refractivity contribution in [2.75, 3.05) is 0 Å². The van der Waals surface area contributed by atoms with Gasteiger partial charge in [0.1, 0.15) is 11.5 Å². The second kappa shape index (κ2) is 13.6. The van der Waals surface area contributed by atoms with Gasteiger partial charge in [0.05, 0.1) is 6.10 Å². The number of aliphatic hydroxyl groups excluding tert-OH is 1. The number of unbranched alkanes of at least 4 members (excludes halogenated alkanes) is 9. The monoisotopic (exact) mass is 510 g/mol. The summed E-state index contributed by atoms with van der Waals surface area (Å²) in [5.41, 5.74) is 2.87. The second-order valence-corrected chi connectivity index (χ2v) is 13.1. The summed E-state index contributed by atoms with van der Waals surface area (Å²) in [6, 6.07) is 6.05. The van der Waals surface area contributed by atoms with E-state index in [1.165, 1.54) is 68.9 Å². The fraction of sp³-hybridized carbons (Fsp3) is 0.794. The van der Waals surface area contributed by atoms with E-state index in [4.69, 9.17) is 0 Å². The molecule has 0 bridgehead atoms. The van der Waals surface area contributed by atoms with Gasteiger partial charge in [0, 0.05) is 12.8 Å². The van der Waals surface area contributed by atoms with Gasteiger partial charge in [0.25, 0.3) is 0 Å². The number of carbonyl (C=O) groups is 1. The third kappa shape index (κ3) is 7.00. The number of phenols is 1. The number of fused-ring (bicyclic) bond motifs is 5. The van der Waals surface area contributed by atoms with Crippen LogP contribution < -0.4 is 0 Å². The molecular formula is C34H54O3. The van der Waals surface area contributed by atoms with Crippen molar-refractivity contribution in [3.63, 3.8) is 0 Å². The molecule has 0 spiro atoms. The van der Waals surface area contributed by atoms with Gasteiger partial charge in [-0.25, -0.2) is 0 Å². The van der Waals surface area contributed by atoms with Crippen molar-refractivity contribution < 1.29 is 15.0 Å². The van der Waals surface area contributed by atoms with Gasteiger partial charge < -0.3 is 10.2 Å². The van der Waals surface area contributed by atoms with Crippen molar-refractivity contribution in [2.24, 2.45) is 23.2 Å². The van der Waals surface area contributed by atoms with E-state index in [9.17, 15) is 15.0 Å². The Balaban J connectivity index is 1.22. The quantitative estimate of drug-likeness (QED) is 0.232. The van der Waals surface area contributed by atoms with Crippen molar-refractivity contribution in [1.29, 1.82) is 0 Å². The molecule has 0 saturated heterocycles. The van der Waals surface area contributed by atoms with Crippen molar-refractivity contribution in [3.8, 4) is 5.75 Å². The predicted molar refractivity (Wildman–Crippen MR) is 153 cm³/mol. The number of aromatic hydroxyl groups is 1. The Labute approximate surface area is 226 Å². The number of carbonyl (C=O) groups excluding carboxylic acids is 1. The van der Waals surface area contributed by atoms with Crippen LogP contribution in [0.3, 0.4) is 0 Å². The number of Topliss-reactive ketones (excluding diaryl/α,β-unsaturated/α-hetero) is 1. The molecule has 0 aliphatic heterocycles. The Hall–Kier alpha value is -1.35. The maximum Gasteiger partial charge on any atom is 0.132 e. The average molecular weight is 511 g/mol. The van der Waals surface area contributed by atoms with Crippen LogP contribution in [-0.4, -0.2) is 22.1 Å². The fourth-order valence-electron chi connectivity index (χ4n) is 8.52. The summed E-state index contributed by atoms with van der Waals surface area (Å²) >= 11 is 0. The van der Waals surface area contributed by atoms with Crippen LogP contribution in [0.2, 0.25) is 0 Å². The summed E-state index contributed by atoms with van der Waals surface area (Å²) in [5.74, 6) is 3.23. The molecule has 208 valence electrons. The summed E-state index contributed by atoms with van der Waals surface area (Å²) in [6.45, 7) is 4.61. The highest BCUT2D eigenvalue weighted by Gasteiger charge is 2.56. The van der Waals surface area contributed by atoms with Gasteiger partial charge in [0.15, 0.2) is 0 Å². The average Bonchev–Trinajstić information content (AvgIpc) is 3.19. The topological polar surface area (TPSA) is 57.5 Å². The molecular weight excluding hydrogens is 456 g/mol. The Morgan fingerprint density at radius 1 is 0.919 bits per heavy atom. The van der Waals surface area contributed by atoms with E-state index in [2.05, 4.69) is 19.9 Å². The minimum atomic E-state index is -0.154. The smallest absolute Gasteiger partial charge is 0.132 e. The maximum absolute atomic E-state index is 12.5. The van der Waals surface area contributed by atoms with E-state index >= 15 is 0 Å². The molecule has 2 N–H and O–H groups in total. The molecule has 1 aromatic carbocycles. The van der Waals surface area contributed by atoms with Gasteiger partial charge in [-0.15, -0.1) is 0 Å². The molecule has 2 saturated carbocycles. The van der Waals surface area contributed by atoms with Crippen molar-refractivity contribution in [2.45, 2.75) is 148 Å². The van der Waals surface area contributed by atoms with Gasteiger partial charge in [-0.1, -0.05) is 77.7 Å². The van der Waals surface area contributed by atoms with Gasteiger partial charge in [0.2, 0.25) is 0 Å². The lowest BCUT2D eigenvalue weighted by molar-refractivity contribution is -0.119. The van der Waals surface area contributed by atoms with Crippen LogP contribution in [0, 0.1) is 23.2 Å². The molecule has 37 heavy (non-hydrogen) atoms. The van der Waals surface area contributed by atoms with Gasteiger partial charge in [-0.3, -0.25) is 4.79 Å². The van der Waals surface area contributed by atoms with Crippen LogP contribution >= 0.6 is 0 Å². The van der Waals surface area contributed by atoms with E-state index in [1.54, 1.807) is 0 Å². The Bertz CT molecular complexity index is 863. The third-order valence-electron chi connectivity index (χ3n) is 10.7. The first-order chi connectivity index (χ1) is 17.9. The zero-order valence-electron chi connectivity index (χ0n) is 23.9. The molecule has 0 radical (unpaired) electrons. The SMILES string of the molecule is CCCCCCCCCCCC(=O)CCCC[C@@H]1Cc2cc(O)ccc2C2CC[C@@]3(C)C(CC[C@@H]3O)C21. The molecule has 3 aliphatic rings. The summed E-state index contributed by atoms with van der Waals surface area (Å²) in [5, 5.41) is 21.0. The van der Waals surface area contributed by atoms with Crippen molar-refractivity contribution >= 4 is 5.78 Å². The Morgan fingerprint density at radius 2 is 1.59 bits per heavy atom. The molecule has 3 unspecified atom stereocenters. The highest BCUT2D eigenvalue weighted by Crippen LogP contribution is 2.62. The normalized spacial score (nSPS) is 30.5. The predicted octanol–water partition coefficient (Wildman–Crippen LogP) is 8.89. The fourth-order valence-corrected chi connectivity index (χ4v) is 8.52. The lowest BCUT2D eigenvalue weighted by Crippen LogP contribution is -2.47. The first-order valence-corrected chi connectivity index (χ1v) is 16.0. The molecule has 1 aromatic rings. The molecule has 2 fully saturated rings. The number of phenolic OH excluding ortho intramolecular Hbond substituents is 1. The molecule has 4 rings (SSSR count). The number of benzene rings is 1. The van der Waals surface area contributed by atoms with E-state index in [0.717, 1.165) is 64.2 Å². The van der Waals surface area contributed by atoms with E-state index < -0.39 is 0 Å². The number of hydrogen-bond donors (Lipinski definition) is 2. The second-order valence-electron chi connectivity index (χ2n) is 13.1. The van der Waals surface area contributed by atoms with Gasteiger partial charge in [-0.2, -0.15) is 0 Å². The molecule has 3 heteroatoms. The molecule has 3 aliphatic carbocycles. The van der Waals surface area contributed by atoms with Crippen LogP contribution in [0.1, 0.15) is 146 Å². The van der Waals surface area contributed by atoms with Crippen LogP contribution in [0.25, 0.3) is 0 Å². The maximum atomic E-state index is 12.5. The third-order valence-corrected chi connectivity index (χ3v) is 10.7. The Kier molecular flexibility index (Phi) is 10.6. The number of hydrogen-bond acceptors (Lipinski definition) is 3. The van der Waals surface area contributed by atoms with Crippen molar-refractivity contribution in [1.82, 2.24) is 0 Å². The summed E-state index contributed by atoms with van der Waals surface area (Å²) in [6.07, 6.45) is 21.8. The molecule has 0 heterocycles. The standard InChI is InChI=1S/C34H54O3/c1-3-4-5-6-7-8-9-10-11-15-27(35)16-13-12-14-25-23-26-24-28(36)17-18-29(26)30-21-22-34(2)31(33(25)30)19-20-32(34)37/h17-18,24-25,30-33,36-37H,3-16,19-23H2,1-2H3/t25-,30?,31?,32+,33?,34+/m1/s1. The summed E-state index contributed by atoms with van der Waals surface area (Å²) < 4.78 is 0. The van der Waals surface area contributed by atoms with Crippen LogP contribution in [0.15, 0.2) is 18.2 Å². The number of ketones is 1. The molecule has 6 atom stereocenters. The zero-order chi connectivity index (χ0) is 26.3. The minimum absolute atomic E-state index is 0.0688. The Morgan fingerprint density at radius 3 is 2.32 bits per heavy atom. The molecule has 0 amide bonds. The number of aliphatic hydroxyl groups is 1.